The molecule has 0 radical (unpaired) electrons. The van der Waals surface area contributed by atoms with Gasteiger partial charge in [0.2, 0.25) is 5.91 Å². The number of ether oxygens (including phenoxy) is 1. The molecule has 2 N–H and O–H groups in total. The molecule has 2 saturated heterocycles. The summed E-state index contributed by atoms with van der Waals surface area (Å²) in [6.45, 7) is 10.8. The molecule has 2 aliphatic rings. The molecule has 0 bridgehead atoms. The van der Waals surface area contributed by atoms with Crippen molar-refractivity contribution in [3.05, 3.63) is 24.3 Å². The first-order valence-electron chi connectivity index (χ1n) is 9.89. The van der Waals surface area contributed by atoms with Gasteiger partial charge in [0, 0.05) is 57.2 Å². The van der Waals surface area contributed by atoms with Crippen molar-refractivity contribution in [3.8, 4) is 0 Å². The molecule has 0 aromatic heterocycles. The SMILES string of the molecule is C[C@@H]1CN(c2ccc(NC(=O)CN3CCN(CCO)CC3)cc2)C[C@@H](C)O1. The normalized spacial score (nSPS) is 24.8. The first kappa shape index (κ1) is 20.1. The molecule has 2 atom stereocenters. The van der Waals surface area contributed by atoms with E-state index in [9.17, 15) is 4.79 Å². The number of rotatable bonds is 6. The lowest BCUT2D eigenvalue weighted by Crippen LogP contribution is -2.49. The second-order valence-corrected chi connectivity index (χ2v) is 7.60. The number of carbonyl (C=O) groups is 1. The summed E-state index contributed by atoms with van der Waals surface area (Å²) in [6.07, 6.45) is 0.456. The van der Waals surface area contributed by atoms with Crippen LogP contribution in [0.1, 0.15) is 13.8 Å². The fourth-order valence-electron chi connectivity index (χ4n) is 3.86. The zero-order valence-electron chi connectivity index (χ0n) is 16.4. The van der Waals surface area contributed by atoms with Crippen molar-refractivity contribution in [2.45, 2.75) is 26.1 Å². The molecule has 2 heterocycles. The van der Waals surface area contributed by atoms with Crippen LogP contribution >= 0.6 is 0 Å². The summed E-state index contributed by atoms with van der Waals surface area (Å²) in [6, 6.07) is 8.07. The summed E-state index contributed by atoms with van der Waals surface area (Å²) < 4.78 is 5.79. The van der Waals surface area contributed by atoms with Gasteiger partial charge in [-0.2, -0.15) is 0 Å². The number of nitrogens with one attached hydrogen (secondary N) is 1. The third kappa shape index (κ3) is 5.90. The van der Waals surface area contributed by atoms with E-state index in [2.05, 4.69) is 46.0 Å². The van der Waals surface area contributed by atoms with Crippen LogP contribution in [0.5, 0.6) is 0 Å². The number of hydrogen-bond donors (Lipinski definition) is 2. The highest BCUT2D eigenvalue weighted by molar-refractivity contribution is 5.92. The molecule has 1 aromatic rings. The number of aliphatic hydroxyl groups is 1. The molecule has 27 heavy (non-hydrogen) atoms. The number of nitrogens with zero attached hydrogens (tertiary/aromatic N) is 3. The molecule has 0 saturated carbocycles. The number of morpholine rings is 1. The van der Waals surface area contributed by atoms with E-state index in [-0.39, 0.29) is 24.7 Å². The first-order valence-corrected chi connectivity index (χ1v) is 9.89. The van der Waals surface area contributed by atoms with Gasteiger partial charge >= 0.3 is 0 Å². The molecule has 0 aliphatic carbocycles. The van der Waals surface area contributed by atoms with Crippen molar-refractivity contribution in [2.75, 3.05) is 69.2 Å². The van der Waals surface area contributed by atoms with Crippen LogP contribution in [0.25, 0.3) is 0 Å². The highest BCUT2D eigenvalue weighted by Gasteiger charge is 2.22. The Hall–Kier alpha value is -1.67. The molecule has 150 valence electrons. The molecule has 3 rings (SSSR count). The van der Waals surface area contributed by atoms with Crippen molar-refractivity contribution >= 4 is 17.3 Å². The lowest BCUT2D eigenvalue weighted by atomic mass is 10.2. The maximum absolute atomic E-state index is 12.3. The number of β-amino-alcohol motifs (C(OH)–C–C–N with tert-alkyl or cyclic N) is 1. The van der Waals surface area contributed by atoms with Crippen LogP contribution in [0.15, 0.2) is 24.3 Å². The number of benzene rings is 1. The number of carbonyl (C=O) groups excluding carboxylic acids is 1. The molecule has 1 aromatic carbocycles. The second kappa shape index (κ2) is 9.50. The second-order valence-electron chi connectivity index (χ2n) is 7.60. The Morgan fingerprint density at radius 1 is 1.07 bits per heavy atom. The van der Waals surface area contributed by atoms with E-state index in [4.69, 9.17) is 9.84 Å². The van der Waals surface area contributed by atoms with Gasteiger partial charge < -0.3 is 20.1 Å². The molecule has 1 amide bonds. The van der Waals surface area contributed by atoms with Crippen LogP contribution in [-0.4, -0.2) is 92.0 Å². The average molecular weight is 377 g/mol. The van der Waals surface area contributed by atoms with Crippen molar-refractivity contribution in [1.29, 1.82) is 0 Å². The van der Waals surface area contributed by atoms with Crippen molar-refractivity contribution in [1.82, 2.24) is 9.80 Å². The highest BCUT2D eigenvalue weighted by atomic mass is 16.5. The monoisotopic (exact) mass is 376 g/mol. The molecule has 0 spiro atoms. The number of anilines is 2. The van der Waals surface area contributed by atoms with Crippen LogP contribution in [0.4, 0.5) is 11.4 Å². The minimum Gasteiger partial charge on any atom is -0.395 e. The van der Waals surface area contributed by atoms with Gasteiger partial charge in [0.15, 0.2) is 0 Å². The molecule has 2 aliphatic heterocycles. The van der Waals surface area contributed by atoms with Gasteiger partial charge in [-0.3, -0.25) is 14.6 Å². The van der Waals surface area contributed by atoms with Crippen LogP contribution < -0.4 is 10.2 Å². The summed E-state index contributed by atoms with van der Waals surface area (Å²) in [5.41, 5.74) is 1.99. The number of hydrogen-bond acceptors (Lipinski definition) is 6. The van der Waals surface area contributed by atoms with Crippen molar-refractivity contribution < 1.29 is 14.6 Å². The minimum atomic E-state index is 0.0203. The standard InChI is InChI=1S/C20H32N4O3/c1-16-13-24(14-17(2)27-16)19-5-3-18(4-6-19)21-20(26)15-23-9-7-22(8-10-23)11-12-25/h3-6,16-17,25H,7-15H2,1-2H3,(H,21,26)/t16-,17-/m1/s1. The minimum absolute atomic E-state index is 0.0203. The van der Waals surface area contributed by atoms with E-state index in [1.54, 1.807) is 0 Å². The van der Waals surface area contributed by atoms with Gasteiger partial charge in [0.1, 0.15) is 0 Å². The van der Waals surface area contributed by atoms with Gasteiger partial charge in [-0.05, 0) is 38.1 Å². The Morgan fingerprint density at radius 2 is 1.67 bits per heavy atom. The number of aliphatic hydroxyl groups excluding tert-OH is 1. The van der Waals surface area contributed by atoms with Crippen LogP contribution in [-0.2, 0) is 9.53 Å². The molecule has 2 fully saturated rings. The topological polar surface area (TPSA) is 68.3 Å². The predicted molar refractivity (Wildman–Crippen MR) is 107 cm³/mol. The maximum Gasteiger partial charge on any atom is 0.238 e. The Labute approximate surface area is 161 Å². The van der Waals surface area contributed by atoms with Gasteiger partial charge in [0.25, 0.3) is 0 Å². The fraction of sp³-hybridized carbons (Fsp3) is 0.650. The first-order chi connectivity index (χ1) is 13.0. The zero-order chi connectivity index (χ0) is 19.2. The van der Waals surface area contributed by atoms with E-state index in [0.29, 0.717) is 13.1 Å². The Balaban J connectivity index is 1.46. The predicted octanol–water partition coefficient (Wildman–Crippen LogP) is 0.849. The van der Waals surface area contributed by atoms with E-state index in [1.807, 2.05) is 12.1 Å². The Kier molecular flexibility index (Phi) is 7.07. The van der Waals surface area contributed by atoms with Gasteiger partial charge in [-0.1, -0.05) is 0 Å². The summed E-state index contributed by atoms with van der Waals surface area (Å²) in [4.78, 5) is 19.0. The average Bonchev–Trinajstić information content (AvgIpc) is 2.63. The smallest absolute Gasteiger partial charge is 0.238 e. The van der Waals surface area contributed by atoms with E-state index >= 15 is 0 Å². The molecular weight excluding hydrogens is 344 g/mol. The molecule has 7 nitrogen and oxygen atoms in total. The van der Waals surface area contributed by atoms with Crippen molar-refractivity contribution in [2.24, 2.45) is 0 Å². The summed E-state index contributed by atoms with van der Waals surface area (Å²) in [7, 11) is 0. The van der Waals surface area contributed by atoms with Crippen LogP contribution in [0, 0.1) is 0 Å². The summed E-state index contributed by atoms with van der Waals surface area (Å²) in [5.74, 6) is 0.0203. The van der Waals surface area contributed by atoms with Gasteiger partial charge in [0.05, 0.1) is 25.4 Å². The summed E-state index contributed by atoms with van der Waals surface area (Å²) >= 11 is 0. The maximum atomic E-state index is 12.3. The van der Waals surface area contributed by atoms with E-state index < -0.39 is 0 Å². The van der Waals surface area contributed by atoms with E-state index in [0.717, 1.165) is 50.6 Å². The third-order valence-electron chi connectivity index (χ3n) is 5.18. The van der Waals surface area contributed by atoms with E-state index in [1.165, 1.54) is 0 Å². The number of amides is 1. The van der Waals surface area contributed by atoms with Crippen LogP contribution in [0.3, 0.4) is 0 Å². The lowest BCUT2D eigenvalue weighted by Gasteiger charge is -2.37. The largest absolute Gasteiger partial charge is 0.395 e. The van der Waals surface area contributed by atoms with Crippen LogP contribution in [0.2, 0.25) is 0 Å². The summed E-state index contributed by atoms with van der Waals surface area (Å²) in [5, 5.41) is 12.0. The quantitative estimate of drug-likeness (QED) is 0.767. The molecule has 0 unspecified atom stereocenters. The number of piperazine rings is 1. The third-order valence-corrected chi connectivity index (χ3v) is 5.18. The fourth-order valence-corrected chi connectivity index (χ4v) is 3.86. The van der Waals surface area contributed by atoms with Crippen molar-refractivity contribution in [3.63, 3.8) is 0 Å². The Morgan fingerprint density at radius 3 is 2.26 bits per heavy atom. The lowest BCUT2D eigenvalue weighted by molar-refractivity contribution is -0.117. The highest BCUT2D eigenvalue weighted by Crippen LogP contribution is 2.22. The van der Waals surface area contributed by atoms with Gasteiger partial charge in [-0.25, -0.2) is 0 Å². The Bertz CT molecular complexity index is 592. The molecular formula is C20H32N4O3. The zero-order valence-corrected chi connectivity index (χ0v) is 16.4. The van der Waals surface area contributed by atoms with Gasteiger partial charge in [-0.15, -0.1) is 0 Å². The molecule has 7 heteroatoms.